The Bertz CT molecular complexity index is 990. The Balaban J connectivity index is 1.62. The molecule has 1 fully saturated rings. The Morgan fingerprint density at radius 2 is 1.86 bits per heavy atom. The molecule has 5 nitrogen and oxygen atoms in total. The molecule has 3 heterocycles. The lowest BCUT2D eigenvalue weighted by molar-refractivity contribution is 0.209. The van der Waals surface area contributed by atoms with Crippen molar-refractivity contribution in [2.75, 3.05) is 38.2 Å². The molecule has 6 heteroatoms. The standard InChI is InChI=1S/C22H27ClN4O/c1-15(2)25-7-9-26(10-8-25)17-5-6-27-14-20(24-22(27)12-17)18-13-19(23)21(28-4)11-16(18)3/h5-6,11-15H,7-10H2,1-4H3. The van der Waals surface area contributed by atoms with Gasteiger partial charge in [-0.15, -0.1) is 0 Å². The van der Waals surface area contributed by atoms with Crippen LogP contribution in [-0.2, 0) is 0 Å². The van der Waals surface area contributed by atoms with Crippen LogP contribution in [-0.4, -0.2) is 53.6 Å². The summed E-state index contributed by atoms with van der Waals surface area (Å²) in [5, 5.41) is 0.601. The minimum atomic E-state index is 0.601. The zero-order chi connectivity index (χ0) is 19.8. The monoisotopic (exact) mass is 398 g/mol. The van der Waals surface area contributed by atoms with Crippen molar-refractivity contribution in [1.29, 1.82) is 0 Å². The summed E-state index contributed by atoms with van der Waals surface area (Å²) < 4.78 is 7.38. The lowest BCUT2D eigenvalue weighted by Crippen LogP contribution is -2.48. The zero-order valence-electron chi connectivity index (χ0n) is 16.9. The van der Waals surface area contributed by atoms with Crippen molar-refractivity contribution in [3.63, 3.8) is 0 Å². The summed E-state index contributed by atoms with van der Waals surface area (Å²) in [5.74, 6) is 0.689. The van der Waals surface area contributed by atoms with Gasteiger partial charge in [0.2, 0.25) is 0 Å². The van der Waals surface area contributed by atoms with Crippen molar-refractivity contribution in [1.82, 2.24) is 14.3 Å². The van der Waals surface area contributed by atoms with Gasteiger partial charge in [-0.3, -0.25) is 4.90 Å². The molecule has 0 saturated carbocycles. The fourth-order valence-electron chi connectivity index (χ4n) is 3.88. The number of hydrogen-bond acceptors (Lipinski definition) is 4. The molecular formula is C22H27ClN4O. The van der Waals surface area contributed by atoms with E-state index < -0.39 is 0 Å². The molecule has 0 aliphatic carbocycles. The molecule has 28 heavy (non-hydrogen) atoms. The molecule has 3 aromatic rings. The van der Waals surface area contributed by atoms with E-state index in [1.54, 1.807) is 7.11 Å². The van der Waals surface area contributed by atoms with Gasteiger partial charge >= 0.3 is 0 Å². The van der Waals surface area contributed by atoms with E-state index in [4.69, 9.17) is 21.3 Å². The lowest BCUT2D eigenvalue weighted by Gasteiger charge is -2.38. The maximum atomic E-state index is 6.34. The molecular weight excluding hydrogens is 372 g/mol. The molecule has 0 unspecified atom stereocenters. The van der Waals surface area contributed by atoms with Crippen molar-refractivity contribution in [2.24, 2.45) is 0 Å². The Morgan fingerprint density at radius 1 is 1.11 bits per heavy atom. The highest BCUT2D eigenvalue weighted by Gasteiger charge is 2.19. The minimum Gasteiger partial charge on any atom is -0.495 e. The SMILES string of the molecule is COc1cc(C)c(-c2cn3ccc(N4CCN(C(C)C)CC4)cc3n2)cc1Cl. The first-order valence-corrected chi connectivity index (χ1v) is 10.2. The van der Waals surface area contributed by atoms with E-state index in [-0.39, 0.29) is 0 Å². The number of aromatic nitrogens is 2. The van der Waals surface area contributed by atoms with Crippen molar-refractivity contribution in [2.45, 2.75) is 26.8 Å². The summed E-state index contributed by atoms with van der Waals surface area (Å²) in [5.41, 5.74) is 5.22. The normalized spacial score (nSPS) is 15.6. The van der Waals surface area contributed by atoms with E-state index >= 15 is 0 Å². The maximum Gasteiger partial charge on any atom is 0.139 e. The number of pyridine rings is 1. The fraction of sp³-hybridized carbons (Fsp3) is 0.409. The van der Waals surface area contributed by atoms with Crippen LogP contribution in [0.2, 0.25) is 5.02 Å². The van der Waals surface area contributed by atoms with Crippen LogP contribution in [0.15, 0.2) is 36.7 Å². The molecule has 0 atom stereocenters. The number of anilines is 1. The Morgan fingerprint density at radius 3 is 2.54 bits per heavy atom. The number of hydrogen-bond donors (Lipinski definition) is 0. The zero-order valence-corrected chi connectivity index (χ0v) is 17.7. The lowest BCUT2D eigenvalue weighted by atomic mass is 10.1. The van der Waals surface area contributed by atoms with Crippen LogP contribution < -0.4 is 9.64 Å². The third-order valence-electron chi connectivity index (χ3n) is 5.63. The molecule has 0 N–H and O–H groups in total. The van der Waals surface area contributed by atoms with Gasteiger partial charge in [-0.2, -0.15) is 0 Å². The third-order valence-corrected chi connectivity index (χ3v) is 5.92. The average molecular weight is 399 g/mol. The Labute approximate surface area is 171 Å². The van der Waals surface area contributed by atoms with Gasteiger partial charge in [-0.25, -0.2) is 4.98 Å². The van der Waals surface area contributed by atoms with E-state index in [1.807, 2.05) is 12.1 Å². The number of ether oxygens (including phenoxy) is 1. The van der Waals surface area contributed by atoms with Crippen LogP contribution in [0.4, 0.5) is 5.69 Å². The van der Waals surface area contributed by atoms with E-state index in [2.05, 4.69) is 59.5 Å². The molecule has 1 aliphatic heterocycles. The number of aryl methyl sites for hydroxylation is 1. The van der Waals surface area contributed by atoms with Gasteiger partial charge in [0.05, 0.1) is 17.8 Å². The molecule has 2 aromatic heterocycles. The van der Waals surface area contributed by atoms with Crippen LogP contribution in [0.3, 0.4) is 0 Å². The van der Waals surface area contributed by atoms with E-state index in [9.17, 15) is 0 Å². The van der Waals surface area contributed by atoms with Crippen molar-refractivity contribution < 1.29 is 4.74 Å². The van der Waals surface area contributed by atoms with Gasteiger partial charge in [-0.1, -0.05) is 11.6 Å². The van der Waals surface area contributed by atoms with Crippen LogP contribution in [0.1, 0.15) is 19.4 Å². The second kappa shape index (κ2) is 7.64. The highest BCUT2D eigenvalue weighted by molar-refractivity contribution is 6.32. The number of benzene rings is 1. The van der Waals surface area contributed by atoms with Gasteiger partial charge in [-0.05, 0) is 44.5 Å². The molecule has 1 aliphatic rings. The molecule has 0 radical (unpaired) electrons. The Kier molecular flexibility index (Phi) is 5.21. The van der Waals surface area contributed by atoms with Crippen molar-refractivity contribution >= 4 is 22.9 Å². The Hall–Kier alpha value is -2.24. The highest BCUT2D eigenvalue weighted by Crippen LogP contribution is 2.33. The topological polar surface area (TPSA) is 33.0 Å². The second-order valence-electron chi connectivity index (χ2n) is 7.69. The summed E-state index contributed by atoms with van der Waals surface area (Å²) in [4.78, 5) is 9.84. The fourth-order valence-corrected chi connectivity index (χ4v) is 4.12. The van der Waals surface area contributed by atoms with Crippen LogP contribution in [0.25, 0.3) is 16.9 Å². The number of piperazine rings is 1. The first kappa shape index (κ1) is 19.1. The van der Waals surface area contributed by atoms with E-state index in [0.29, 0.717) is 16.8 Å². The van der Waals surface area contributed by atoms with Gasteiger partial charge in [0, 0.05) is 61.9 Å². The van der Waals surface area contributed by atoms with Crippen LogP contribution in [0.5, 0.6) is 5.75 Å². The third kappa shape index (κ3) is 3.56. The molecule has 0 bridgehead atoms. The minimum absolute atomic E-state index is 0.601. The smallest absolute Gasteiger partial charge is 0.139 e. The number of rotatable bonds is 4. The van der Waals surface area contributed by atoms with Crippen molar-refractivity contribution in [3.05, 3.63) is 47.2 Å². The van der Waals surface area contributed by atoms with E-state index in [0.717, 1.165) is 48.6 Å². The van der Waals surface area contributed by atoms with E-state index in [1.165, 1.54) is 5.69 Å². The summed E-state index contributed by atoms with van der Waals surface area (Å²) in [7, 11) is 1.63. The number of methoxy groups -OCH3 is 1. The molecule has 1 aromatic carbocycles. The highest BCUT2D eigenvalue weighted by atomic mass is 35.5. The molecule has 1 saturated heterocycles. The summed E-state index contributed by atoms with van der Waals surface area (Å²) in [6.45, 7) is 10.9. The maximum absolute atomic E-state index is 6.34. The quantitative estimate of drug-likeness (QED) is 0.647. The van der Waals surface area contributed by atoms with Crippen LogP contribution >= 0.6 is 11.6 Å². The second-order valence-corrected chi connectivity index (χ2v) is 8.10. The van der Waals surface area contributed by atoms with Crippen LogP contribution in [0, 0.1) is 6.92 Å². The average Bonchev–Trinajstić information content (AvgIpc) is 3.12. The summed E-state index contributed by atoms with van der Waals surface area (Å²) >= 11 is 6.34. The summed E-state index contributed by atoms with van der Waals surface area (Å²) in [6.07, 6.45) is 4.15. The largest absolute Gasteiger partial charge is 0.495 e. The number of halogens is 1. The first-order valence-electron chi connectivity index (χ1n) is 9.78. The van der Waals surface area contributed by atoms with Gasteiger partial charge < -0.3 is 14.0 Å². The number of fused-ring (bicyclic) bond motifs is 1. The molecule has 148 valence electrons. The van der Waals surface area contributed by atoms with Gasteiger partial charge in [0.25, 0.3) is 0 Å². The van der Waals surface area contributed by atoms with Gasteiger partial charge in [0.15, 0.2) is 0 Å². The predicted molar refractivity (Wildman–Crippen MR) is 116 cm³/mol. The molecule has 0 spiro atoms. The number of nitrogens with zero attached hydrogens (tertiary/aromatic N) is 4. The molecule has 0 amide bonds. The summed E-state index contributed by atoms with van der Waals surface area (Å²) in [6, 6.07) is 8.86. The van der Waals surface area contributed by atoms with Crippen molar-refractivity contribution in [3.8, 4) is 17.0 Å². The molecule has 4 rings (SSSR count). The van der Waals surface area contributed by atoms with Gasteiger partial charge in [0.1, 0.15) is 11.4 Å². The number of imidazole rings is 1. The predicted octanol–water partition coefficient (Wildman–Crippen LogP) is 4.50. The first-order chi connectivity index (χ1) is 13.5.